The molecule has 0 saturated carbocycles. The van der Waals surface area contributed by atoms with Crippen molar-refractivity contribution in [2.75, 3.05) is 26.2 Å². The molecule has 0 spiro atoms. The number of nitrogens with zero attached hydrogens (tertiary/aromatic N) is 2. The minimum Gasteiger partial charge on any atom is -0.480 e. The highest BCUT2D eigenvalue weighted by Crippen LogP contribution is 2.28. The van der Waals surface area contributed by atoms with Crippen LogP contribution in [0.2, 0.25) is 0 Å². The molecule has 150 valence electrons. The fourth-order valence-electron chi connectivity index (χ4n) is 3.26. The first-order chi connectivity index (χ1) is 12.6. The monoisotopic (exact) mass is 396 g/mol. The van der Waals surface area contributed by atoms with Gasteiger partial charge in [0.1, 0.15) is 6.54 Å². The third kappa shape index (κ3) is 4.68. The molecule has 7 nitrogen and oxygen atoms in total. The zero-order valence-electron chi connectivity index (χ0n) is 16.4. The van der Waals surface area contributed by atoms with Gasteiger partial charge in [-0.15, -0.1) is 0 Å². The molecule has 1 saturated heterocycles. The number of carbonyl (C=O) groups is 2. The predicted octanol–water partition coefficient (Wildman–Crippen LogP) is 2.27. The van der Waals surface area contributed by atoms with Gasteiger partial charge in [0.15, 0.2) is 0 Å². The predicted molar refractivity (Wildman–Crippen MR) is 102 cm³/mol. The first-order valence-electron chi connectivity index (χ1n) is 9.20. The Kier molecular flexibility index (Phi) is 6.64. The number of sulfonamides is 1. The molecule has 27 heavy (non-hydrogen) atoms. The highest BCUT2D eigenvalue weighted by molar-refractivity contribution is 7.89. The lowest BCUT2D eigenvalue weighted by Gasteiger charge is -2.30. The molecule has 2 rings (SSSR count). The van der Waals surface area contributed by atoms with Crippen LogP contribution in [-0.4, -0.2) is 60.8 Å². The molecule has 0 unspecified atom stereocenters. The van der Waals surface area contributed by atoms with Gasteiger partial charge in [-0.1, -0.05) is 6.92 Å². The minimum absolute atomic E-state index is 0.131. The first-order valence-corrected chi connectivity index (χ1v) is 10.6. The second kappa shape index (κ2) is 8.39. The Morgan fingerprint density at radius 2 is 1.81 bits per heavy atom. The molecule has 1 N–H and O–H groups in total. The molecule has 8 heteroatoms. The number of benzene rings is 1. The molecule has 0 atom stereocenters. The van der Waals surface area contributed by atoms with E-state index in [1.54, 1.807) is 26.8 Å². The van der Waals surface area contributed by atoms with Crippen molar-refractivity contribution in [1.82, 2.24) is 9.21 Å². The highest BCUT2D eigenvalue weighted by atomic mass is 32.2. The van der Waals surface area contributed by atoms with Gasteiger partial charge in [-0.05, 0) is 62.8 Å². The fourth-order valence-corrected chi connectivity index (χ4v) is 5.05. The number of carbonyl (C=O) groups excluding carboxylic acids is 1. The molecular weight excluding hydrogens is 368 g/mol. The summed E-state index contributed by atoms with van der Waals surface area (Å²) in [5.41, 5.74) is 1.51. The minimum atomic E-state index is -3.70. The Bertz CT molecular complexity index is 827. The van der Waals surface area contributed by atoms with Crippen molar-refractivity contribution in [3.05, 3.63) is 28.8 Å². The molecule has 0 aliphatic carbocycles. The maximum atomic E-state index is 13.2. The van der Waals surface area contributed by atoms with E-state index in [4.69, 9.17) is 5.11 Å². The van der Waals surface area contributed by atoms with E-state index in [9.17, 15) is 18.0 Å². The smallest absolute Gasteiger partial charge is 0.323 e. The van der Waals surface area contributed by atoms with Crippen LogP contribution >= 0.6 is 0 Å². The lowest BCUT2D eigenvalue weighted by molar-refractivity contribution is -0.137. The third-order valence-electron chi connectivity index (χ3n) is 5.22. The van der Waals surface area contributed by atoms with Gasteiger partial charge in [0.05, 0.1) is 4.90 Å². The summed E-state index contributed by atoms with van der Waals surface area (Å²) in [6.07, 6.45) is 1.64. The topological polar surface area (TPSA) is 95.0 Å². The first kappa shape index (κ1) is 21.4. The quantitative estimate of drug-likeness (QED) is 0.796. The molecule has 1 aromatic rings. The van der Waals surface area contributed by atoms with Crippen LogP contribution in [0.25, 0.3) is 0 Å². The second-order valence-electron chi connectivity index (χ2n) is 7.22. The Morgan fingerprint density at radius 1 is 1.22 bits per heavy atom. The summed E-state index contributed by atoms with van der Waals surface area (Å²) in [6, 6.07) is 3.02. The summed E-state index contributed by atoms with van der Waals surface area (Å²) in [5, 5.41) is 8.99. The summed E-state index contributed by atoms with van der Waals surface area (Å²) in [7, 11) is -3.70. The number of likely N-dealkylation sites (N-methyl/N-ethyl adjacent to an activating group) is 1. The molecule has 1 aliphatic heterocycles. The van der Waals surface area contributed by atoms with Gasteiger partial charge in [-0.3, -0.25) is 9.59 Å². The van der Waals surface area contributed by atoms with Crippen molar-refractivity contribution in [1.29, 1.82) is 0 Å². The zero-order chi connectivity index (χ0) is 20.4. The van der Waals surface area contributed by atoms with Crippen molar-refractivity contribution in [3.63, 3.8) is 0 Å². The van der Waals surface area contributed by atoms with Gasteiger partial charge in [-0.25, -0.2) is 8.42 Å². The third-order valence-corrected chi connectivity index (χ3v) is 7.25. The molecule has 0 bridgehead atoms. The molecule has 1 fully saturated rings. The molecular formula is C19H28N2O5S. The van der Waals surface area contributed by atoms with Gasteiger partial charge in [0.25, 0.3) is 5.91 Å². The van der Waals surface area contributed by atoms with Crippen LogP contribution < -0.4 is 0 Å². The van der Waals surface area contributed by atoms with Crippen LogP contribution in [0.5, 0.6) is 0 Å². The van der Waals surface area contributed by atoms with E-state index in [0.29, 0.717) is 30.1 Å². The van der Waals surface area contributed by atoms with Crippen molar-refractivity contribution in [3.8, 4) is 0 Å². The number of amides is 1. The molecule has 1 aromatic carbocycles. The maximum Gasteiger partial charge on any atom is 0.323 e. The number of carboxylic acid groups (broad SMARTS) is 1. The van der Waals surface area contributed by atoms with E-state index in [1.807, 2.05) is 0 Å². The molecule has 1 heterocycles. The molecule has 0 aromatic heterocycles. The van der Waals surface area contributed by atoms with Gasteiger partial charge >= 0.3 is 5.97 Å². The number of carboxylic acids is 1. The number of rotatable bonds is 6. The van der Waals surface area contributed by atoms with Gasteiger partial charge in [0, 0.05) is 25.2 Å². The van der Waals surface area contributed by atoms with E-state index in [1.165, 1.54) is 15.3 Å². The van der Waals surface area contributed by atoms with E-state index in [0.717, 1.165) is 12.8 Å². The Balaban J connectivity index is 2.43. The van der Waals surface area contributed by atoms with Crippen LogP contribution in [-0.2, 0) is 14.8 Å². The van der Waals surface area contributed by atoms with E-state index < -0.39 is 28.4 Å². The normalized spacial score (nSPS) is 16.3. The number of hydrogen-bond donors (Lipinski definition) is 1. The van der Waals surface area contributed by atoms with Gasteiger partial charge < -0.3 is 10.0 Å². The average Bonchev–Trinajstić information content (AvgIpc) is 2.61. The van der Waals surface area contributed by atoms with E-state index >= 15 is 0 Å². The lowest BCUT2D eigenvalue weighted by atomic mass is 10.0. The molecule has 0 radical (unpaired) electrons. The van der Waals surface area contributed by atoms with Crippen LogP contribution in [0.15, 0.2) is 17.0 Å². The van der Waals surface area contributed by atoms with Gasteiger partial charge in [-0.2, -0.15) is 4.31 Å². The van der Waals surface area contributed by atoms with Gasteiger partial charge in [0.2, 0.25) is 10.0 Å². The number of aryl methyl sites for hydroxylation is 1. The Hall–Kier alpha value is -1.93. The summed E-state index contributed by atoms with van der Waals surface area (Å²) in [6.45, 7) is 8.04. The van der Waals surface area contributed by atoms with E-state index in [2.05, 4.69) is 6.92 Å². The number of aliphatic carboxylic acids is 1. The van der Waals surface area contributed by atoms with E-state index in [-0.39, 0.29) is 17.0 Å². The van der Waals surface area contributed by atoms with Crippen LogP contribution in [0.3, 0.4) is 0 Å². The highest BCUT2D eigenvalue weighted by Gasteiger charge is 2.31. The largest absolute Gasteiger partial charge is 0.480 e. The van der Waals surface area contributed by atoms with Crippen molar-refractivity contribution < 1.29 is 23.1 Å². The zero-order valence-corrected chi connectivity index (χ0v) is 17.2. The Labute approximate surface area is 161 Å². The average molecular weight is 397 g/mol. The number of piperidine rings is 1. The lowest BCUT2D eigenvalue weighted by Crippen LogP contribution is -2.38. The van der Waals surface area contributed by atoms with Crippen molar-refractivity contribution in [2.24, 2.45) is 5.92 Å². The summed E-state index contributed by atoms with van der Waals surface area (Å²) < 4.78 is 27.8. The van der Waals surface area contributed by atoms with Crippen LogP contribution in [0.4, 0.5) is 0 Å². The number of hydrogen-bond acceptors (Lipinski definition) is 4. The second-order valence-corrected chi connectivity index (χ2v) is 9.12. The van der Waals surface area contributed by atoms with Crippen molar-refractivity contribution >= 4 is 21.9 Å². The van der Waals surface area contributed by atoms with Crippen LogP contribution in [0.1, 0.15) is 48.2 Å². The van der Waals surface area contributed by atoms with Crippen molar-refractivity contribution in [2.45, 2.75) is 45.4 Å². The SMILES string of the molecule is CCN(CC(=O)O)C(=O)c1cc(C)c(C)c(S(=O)(=O)N2CCC(C)CC2)c1. The molecule has 1 amide bonds. The van der Waals surface area contributed by atoms with Crippen LogP contribution in [0, 0.1) is 19.8 Å². The molecule has 1 aliphatic rings. The standard InChI is InChI=1S/C19H28N2O5S/c1-5-20(12-18(22)23)19(24)16-10-14(3)15(4)17(11-16)27(25,26)21-8-6-13(2)7-9-21/h10-11,13H,5-9,12H2,1-4H3,(H,22,23). The fraction of sp³-hybridized carbons (Fsp3) is 0.579. The maximum absolute atomic E-state index is 13.2. The summed E-state index contributed by atoms with van der Waals surface area (Å²) in [5.74, 6) is -1.09. The summed E-state index contributed by atoms with van der Waals surface area (Å²) >= 11 is 0. The Morgan fingerprint density at radius 3 is 2.33 bits per heavy atom. The summed E-state index contributed by atoms with van der Waals surface area (Å²) in [4.78, 5) is 25.0.